The molecule has 2 N–H and O–H groups in total. The first-order chi connectivity index (χ1) is 5.95. The van der Waals surface area contributed by atoms with Gasteiger partial charge in [0.2, 0.25) is 0 Å². The lowest BCUT2D eigenvalue weighted by Gasteiger charge is -2.07. The highest BCUT2D eigenvalue weighted by Crippen LogP contribution is 2.03. The number of imidazole rings is 1. The van der Waals surface area contributed by atoms with Gasteiger partial charge in [0, 0.05) is 25.0 Å². The SMILES string of the molecule is c1c[nH]c(CNC2CCOC2)n1. The molecule has 4 heteroatoms. The molecule has 0 spiro atoms. The van der Waals surface area contributed by atoms with Crippen LogP contribution in [0.25, 0.3) is 0 Å². The lowest BCUT2D eigenvalue weighted by atomic mass is 10.2. The predicted molar refractivity (Wildman–Crippen MR) is 44.7 cm³/mol. The number of nitrogens with one attached hydrogen (secondary N) is 2. The number of rotatable bonds is 3. The van der Waals surface area contributed by atoms with Gasteiger partial charge < -0.3 is 15.0 Å². The van der Waals surface area contributed by atoms with Gasteiger partial charge in [-0.3, -0.25) is 0 Å². The molecule has 0 aromatic carbocycles. The lowest BCUT2D eigenvalue weighted by Crippen LogP contribution is -2.28. The molecule has 1 fully saturated rings. The molecule has 0 saturated carbocycles. The van der Waals surface area contributed by atoms with Crippen LogP contribution in [0, 0.1) is 0 Å². The molecule has 2 heterocycles. The van der Waals surface area contributed by atoms with Crippen molar-refractivity contribution in [2.45, 2.75) is 19.0 Å². The van der Waals surface area contributed by atoms with Gasteiger partial charge in [0.05, 0.1) is 13.2 Å². The molecule has 0 bridgehead atoms. The molecule has 1 aliphatic rings. The second kappa shape index (κ2) is 3.69. The molecule has 0 aliphatic carbocycles. The van der Waals surface area contributed by atoms with Crippen molar-refractivity contribution in [1.82, 2.24) is 15.3 Å². The van der Waals surface area contributed by atoms with Gasteiger partial charge in [0.25, 0.3) is 0 Å². The first-order valence-corrected chi connectivity index (χ1v) is 4.24. The Balaban J connectivity index is 1.74. The Morgan fingerprint density at radius 3 is 3.42 bits per heavy atom. The lowest BCUT2D eigenvalue weighted by molar-refractivity contribution is 0.189. The third kappa shape index (κ3) is 1.84. The molecule has 0 radical (unpaired) electrons. The van der Waals surface area contributed by atoms with Crippen LogP contribution in [-0.2, 0) is 11.3 Å². The molecule has 1 saturated heterocycles. The summed E-state index contributed by atoms with van der Waals surface area (Å²) in [6.45, 7) is 2.53. The number of ether oxygens (including phenoxy) is 1. The highest BCUT2D eigenvalue weighted by Gasteiger charge is 2.14. The summed E-state index contributed by atoms with van der Waals surface area (Å²) in [5.74, 6) is 0.988. The zero-order valence-electron chi connectivity index (χ0n) is 6.92. The van der Waals surface area contributed by atoms with E-state index in [0.29, 0.717) is 6.04 Å². The Hall–Kier alpha value is -0.870. The average Bonchev–Trinajstić information content (AvgIpc) is 2.74. The summed E-state index contributed by atoms with van der Waals surface area (Å²) in [7, 11) is 0. The molecule has 1 aromatic rings. The number of aromatic amines is 1. The van der Waals surface area contributed by atoms with Crippen LogP contribution >= 0.6 is 0 Å². The van der Waals surface area contributed by atoms with Gasteiger partial charge in [-0.15, -0.1) is 0 Å². The van der Waals surface area contributed by atoms with Gasteiger partial charge in [-0.2, -0.15) is 0 Å². The normalized spacial score (nSPS) is 23.2. The van der Waals surface area contributed by atoms with E-state index in [1.807, 2.05) is 6.20 Å². The molecule has 1 atom stereocenters. The average molecular weight is 167 g/mol. The van der Waals surface area contributed by atoms with Crippen molar-refractivity contribution in [3.63, 3.8) is 0 Å². The van der Waals surface area contributed by atoms with E-state index in [1.54, 1.807) is 6.20 Å². The van der Waals surface area contributed by atoms with Crippen LogP contribution in [0.15, 0.2) is 12.4 Å². The third-order valence-corrected chi connectivity index (χ3v) is 2.04. The molecule has 1 aromatic heterocycles. The molecular formula is C8H13N3O. The van der Waals surface area contributed by atoms with Crippen LogP contribution in [0.4, 0.5) is 0 Å². The second-order valence-corrected chi connectivity index (χ2v) is 2.98. The van der Waals surface area contributed by atoms with E-state index in [1.165, 1.54) is 0 Å². The minimum absolute atomic E-state index is 0.509. The Morgan fingerprint density at radius 1 is 1.75 bits per heavy atom. The maximum absolute atomic E-state index is 5.23. The van der Waals surface area contributed by atoms with Gasteiger partial charge >= 0.3 is 0 Å². The van der Waals surface area contributed by atoms with Crippen LogP contribution in [0.5, 0.6) is 0 Å². The molecule has 2 rings (SSSR count). The van der Waals surface area contributed by atoms with Crippen molar-refractivity contribution in [2.75, 3.05) is 13.2 Å². The molecule has 1 aliphatic heterocycles. The van der Waals surface area contributed by atoms with E-state index in [0.717, 1.165) is 32.0 Å². The van der Waals surface area contributed by atoms with E-state index < -0.39 is 0 Å². The summed E-state index contributed by atoms with van der Waals surface area (Å²) >= 11 is 0. The minimum atomic E-state index is 0.509. The first-order valence-electron chi connectivity index (χ1n) is 4.24. The molecule has 12 heavy (non-hydrogen) atoms. The van der Waals surface area contributed by atoms with Gasteiger partial charge in [-0.25, -0.2) is 4.98 Å². The summed E-state index contributed by atoms with van der Waals surface area (Å²) in [6, 6.07) is 0.509. The van der Waals surface area contributed by atoms with Gasteiger partial charge in [0.1, 0.15) is 5.82 Å². The quantitative estimate of drug-likeness (QED) is 0.680. The second-order valence-electron chi connectivity index (χ2n) is 2.98. The fourth-order valence-electron chi connectivity index (χ4n) is 1.33. The van der Waals surface area contributed by atoms with Gasteiger partial charge in [-0.05, 0) is 6.42 Å². The van der Waals surface area contributed by atoms with E-state index in [2.05, 4.69) is 15.3 Å². The van der Waals surface area contributed by atoms with Crippen LogP contribution < -0.4 is 5.32 Å². The van der Waals surface area contributed by atoms with Gasteiger partial charge in [0.15, 0.2) is 0 Å². The van der Waals surface area contributed by atoms with Crippen molar-refractivity contribution in [3.05, 3.63) is 18.2 Å². The standard InChI is InChI=1S/C8H13N3O/c1-4-12-6-7(1)11-5-8-9-2-3-10-8/h2-3,7,11H,1,4-6H2,(H,9,10). The van der Waals surface area contributed by atoms with E-state index in [4.69, 9.17) is 4.74 Å². The van der Waals surface area contributed by atoms with E-state index in [9.17, 15) is 0 Å². The zero-order chi connectivity index (χ0) is 8.23. The van der Waals surface area contributed by atoms with E-state index >= 15 is 0 Å². The first kappa shape index (κ1) is 7.76. The summed E-state index contributed by atoms with van der Waals surface area (Å²) in [6.07, 6.45) is 4.71. The van der Waals surface area contributed by atoms with Crippen LogP contribution in [-0.4, -0.2) is 29.2 Å². The van der Waals surface area contributed by atoms with Crippen LogP contribution in [0.2, 0.25) is 0 Å². The Kier molecular flexibility index (Phi) is 2.39. The number of hydrogen-bond donors (Lipinski definition) is 2. The maximum atomic E-state index is 5.23. The highest BCUT2D eigenvalue weighted by atomic mass is 16.5. The van der Waals surface area contributed by atoms with E-state index in [-0.39, 0.29) is 0 Å². The monoisotopic (exact) mass is 167 g/mol. The van der Waals surface area contributed by atoms with Crippen molar-refractivity contribution < 1.29 is 4.74 Å². The Bertz CT molecular complexity index is 216. The summed E-state index contributed by atoms with van der Waals surface area (Å²) in [5, 5.41) is 3.37. The zero-order valence-corrected chi connectivity index (χ0v) is 6.92. The smallest absolute Gasteiger partial charge is 0.120 e. The van der Waals surface area contributed by atoms with Crippen molar-refractivity contribution in [3.8, 4) is 0 Å². The number of aromatic nitrogens is 2. The molecule has 1 unspecified atom stereocenters. The maximum Gasteiger partial charge on any atom is 0.120 e. The molecule has 66 valence electrons. The number of H-pyrrole nitrogens is 1. The minimum Gasteiger partial charge on any atom is -0.380 e. The van der Waals surface area contributed by atoms with Crippen LogP contribution in [0.1, 0.15) is 12.2 Å². The van der Waals surface area contributed by atoms with Gasteiger partial charge in [-0.1, -0.05) is 0 Å². The summed E-state index contributed by atoms with van der Waals surface area (Å²) in [5.41, 5.74) is 0. The van der Waals surface area contributed by atoms with Crippen molar-refractivity contribution in [2.24, 2.45) is 0 Å². The fourth-order valence-corrected chi connectivity index (χ4v) is 1.33. The van der Waals surface area contributed by atoms with Crippen LogP contribution in [0.3, 0.4) is 0 Å². The summed E-state index contributed by atoms with van der Waals surface area (Å²) in [4.78, 5) is 7.16. The third-order valence-electron chi connectivity index (χ3n) is 2.04. The molecular weight excluding hydrogens is 154 g/mol. The summed E-state index contributed by atoms with van der Waals surface area (Å²) < 4.78 is 5.23. The number of hydrogen-bond acceptors (Lipinski definition) is 3. The Morgan fingerprint density at radius 2 is 2.75 bits per heavy atom. The topological polar surface area (TPSA) is 49.9 Å². The van der Waals surface area contributed by atoms with Crippen molar-refractivity contribution >= 4 is 0 Å². The molecule has 0 amide bonds. The fraction of sp³-hybridized carbons (Fsp3) is 0.625. The predicted octanol–water partition coefficient (Wildman–Crippen LogP) is 0.288. The number of nitrogens with zero attached hydrogens (tertiary/aromatic N) is 1. The Labute approximate surface area is 71.3 Å². The highest BCUT2D eigenvalue weighted by molar-refractivity contribution is 4.87. The molecule has 4 nitrogen and oxygen atoms in total. The largest absolute Gasteiger partial charge is 0.380 e. The van der Waals surface area contributed by atoms with Crippen molar-refractivity contribution in [1.29, 1.82) is 0 Å².